The molecular formula is C14H13BrF3NS. The van der Waals surface area contributed by atoms with Crippen molar-refractivity contribution in [3.05, 3.63) is 55.9 Å². The molecule has 0 aliphatic rings. The van der Waals surface area contributed by atoms with Crippen molar-refractivity contribution in [1.82, 2.24) is 5.32 Å². The molecule has 0 aliphatic carbocycles. The van der Waals surface area contributed by atoms with Crippen LogP contribution in [-0.2, 0) is 0 Å². The van der Waals surface area contributed by atoms with E-state index in [0.717, 1.165) is 21.8 Å². The van der Waals surface area contributed by atoms with Crippen LogP contribution in [0.5, 0.6) is 0 Å². The van der Waals surface area contributed by atoms with Crippen LogP contribution in [0.25, 0.3) is 0 Å². The van der Waals surface area contributed by atoms with E-state index in [1.807, 2.05) is 18.4 Å². The molecule has 0 amide bonds. The van der Waals surface area contributed by atoms with Gasteiger partial charge in [0.2, 0.25) is 0 Å². The predicted octanol–water partition coefficient (Wildman–Crippen LogP) is 5.02. The zero-order valence-electron chi connectivity index (χ0n) is 10.7. The first kappa shape index (κ1) is 15.5. The van der Waals surface area contributed by atoms with Crippen LogP contribution in [0.1, 0.15) is 29.8 Å². The number of nitrogens with one attached hydrogen (secondary N) is 1. The fourth-order valence-electron chi connectivity index (χ4n) is 1.90. The second-order valence-electron chi connectivity index (χ2n) is 4.32. The molecule has 0 aliphatic heterocycles. The standard InChI is InChI=1S/C14H13BrF3NS/c1-2-5-19-14(11-6-8(15)7-20-11)9-3-4-10(16)13(18)12(9)17/h3-4,6-7,14,19H,2,5H2,1H3. The van der Waals surface area contributed by atoms with Gasteiger partial charge in [-0.15, -0.1) is 11.3 Å². The number of benzene rings is 1. The summed E-state index contributed by atoms with van der Waals surface area (Å²) >= 11 is 4.77. The van der Waals surface area contributed by atoms with Crippen LogP contribution in [0, 0.1) is 17.5 Å². The first-order chi connectivity index (χ1) is 9.54. The van der Waals surface area contributed by atoms with E-state index in [1.54, 1.807) is 0 Å². The maximum atomic E-state index is 14.0. The number of halogens is 4. The van der Waals surface area contributed by atoms with Gasteiger partial charge in [0.1, 0.15) is 0 Å². The third kappa shape index (κ3) is 3.24. The summed E-state index contributed by atoms with van der Waals surface area (Å²) in [5.41, 5.74) is 0.117. The predicted molar refractivity (Wildman–Crippen MR) is 78.5 cm³/mol. The van der Waals surface area contributed by atoms with Gasteiger partial charge in [-0.2, -0.15) is 0 Å². The summed E-state index contributed by atoms with van der Waals surface area (Å²) in [6.07, 6.45) is 0.855. The van der Waals surface area contributed by atoms with E-state index in [9.17, 15) is 13.2 Å². The summed E-state index contributed by atoms with van der Waals surface area (Å²) in [4.78, 5) is 0.843. The minimum Gasteiger partial charge on any atom is -0.306 e. The summed E-state index contributed by atoms with van der Waals surface area (Å²) in [6, 6.07) is 3.60. The molecule has 1 heterocycles. The van der Waals surface area contributed by atoms with Crippen molar-refractivity contribution in [3.63, 3.8) is 0 Å². The maximum Gasteiger partial charge on any atom is 0.194 e. The average molecular weight is 364 g/mol. The van der Waals surface area contributed by atoms with Crippen LogP contribution < -0.4 is 5.32 Å². The first-order valence-electron chi connectivity index (χ1n) is 6.15. The van der Waals surface area contributed by atoms with E-state index in [-0.39, 0.29) is 5.56 Å². The van der Waals surface area contributed by atoms with Gasteiger partial charge in [0, 0.05) is 20.3 Å². The number of rotatable bonds is 5. The quantitative estimate of drug-likeness (QED) is 0.735. The lowest BCUT2D eigenvalue weighted by molar-refractivity contribution is 0.433. The molecule has 1 aromatic carbocycles. The van der Waals surface area contributed by atoms with Crippen LogP contribution in [0.4, 0.5) is 13.2 Å². The van der Waals surface area contributed by atoms with Crippen LogP contribution >= 0.6 is 27.3 Å². The van der Waals surface area contributed by atoms with Gasteiger partial charge < -0.3 is 5.32 Å². The van der Waals surface area contributed by atoms with E-state index in [1.165, 1.54) is 17.4 Å². The highest BCUT2D eigenvalue weighted by molar-refractivity contribution is 9.10. The Morgan fingerprint density at radius 1 is 1.25 bits per heavy atom. The zero-order chi connectivity index (χ0) is 14.7. The molecule has 6 heteroatoms. The van der Waals surface area contributed by atoms with Crippen LogP contribution in [0.2, 0.25) is 0 Å². The lowest BCUT2D eigenvalue weighted by Gasteiger charge is -2.18. The van der Waals surface area contributed by atoms with Gasteiger partial charge in [-0.25, -0.2) is 13.2 Å². The Labute approximate surface area is 128 Å². The van der Waals surface area contributed by atoms with Crippen molar-refractivity contribution in [3.8, 4) is 0 Å². The van der Waals surface area contributed by atoms with Gasteiger partial charge in [0.25, 0.3) is 0 Å². The third-order valence-electron chi connectivity index (χ3n) is 2.85. The highest BCUT2D eigenvalue weighted by atomic mass is 79.9. The van der Waals surface area contributed by atoms with Crippen LogP contribution in [-0.4, -0.2) is 6.54 Å². The summed E-state index contributed by atoms with van der Waals surface area (Å²) in [5, 5.41) is 5.03. The average Bonchev–Trinajstić information content (AvgIpc) is 2.85. The second kappa shape index (κ2) is 6.74. The smallest absolute Gasteiger partial charge is 0.194 e. The molecule has 0 saturated heterocycles. The molecule has 0 saturated carbocycles. The molecular weight excluding hydrogens is 351 g/mol. The summed E-state index contributed by atoms with van der Waals surface area (Å²) in [7, 11) is 0. The van der Waals surface area contributed by atoms with Crippen LogP contribution in [0.3, 0.4) is 0 Å². The minimum absolute atomic E-state index is 0.117. The Balaban J connectivity index is 2.43. The van der Waals surface area contributed by atoms with E-state index in [4.69, 9.17) is 0 Å². The minimum atomic E-state index is -1.43. The molecule has 2 aromatic rings. The fraction of sp³-hybridized carbons (Fsp3) is 0.286. The number of hydrogen-bond acceptors (Lipinski definition) is 2. The molecule has 1 aromatic heterocycles. The van der Waals surface area contributed by atoms with Gasteiger partial charge in [0.15, 0.2) is 17.5 Å². The van der Waals surface area contributed by atoms with Gasteiger partial charge >= 0.3 is 0 Å². The lowest BCUT2D eigenvalue weighted by atomic mass is 10.0. The highest BCUT2D eigenvalue weighted by Crippen LogP contribution is 2.32. The third-order valence-corrected chi connectivity index (χ3v) is 4.61. The summed E-state index contributed by atoms with van der Waals surface area (Å²) < 4.78 is 41.3. The lowest BCUT2D eigenvalue weighted by Crippen LogP contribution is -2.23. The van der Waals surface area contributed by atoms with Crippen LogP contribution in [0.15, 0.2) is 28.1 Å². The number of hydrogen-bond donors (Lipinski definition) is 1. The Bertz CT molecular complexity index is 600. The topological polar surface area (TPSA) is 12.0 Å². The maximum absolute atomic E-state index is 14.0. The van der Waals surface area contributed by atoms with Gasteiger partial charge in [0.05, 0.1) is 6.04 Å². The molecule has 0 spiro atoms. The molecule has 0 radical (unpaired) electrons. The largest absolute Gasteiger partial charge is 0.306 e. The summed E-state index contributed by atoms with van der Waals surface area (Å²) in [5.74, 6) is -3.74. The van der Waals surface area contributed by atoms with E-state index >= 15 is 0 Å². The van der Waals surface area contributed by atoms with E-state index in [0.29, 0.717) is 6.54 Å². The van der Waals surface area contributed by atoms with Gasteiger partial charge in [-0.1, -0.05) is 13.0 Å². The molecule has 1 atom stereocenters. The van der Waals surface area contributed by atoms with Crippen molar-refractivity contribution in [2.45, 2.75) is 19.4 Å². The molecule has 108 valence electrons. The monoisotopic (exact) mass is 363 g/mol. The Morgan fingerprint density at radius 2 is 2.00 bits per heavy atom. The van der Waals surface area contributed by atoms with Crippen molar-refractivity contribution >= 4 is 27.3 Å². The molecule has 2 rings (SSSR count). The molecule has 0 fully saturated rings. The molecule has 1 nitrogen and oxygen atoms in total. The SMILES string of the molecule is CCCNC(c1cc(Br)cs1)c1ccc(F)c(F)c1F. The van der Waals surface area contributed by atoms with Crippen molar-refractivity contribution in [1.29, 1.82) is 0 Å². The molecule has 0 bridgehead atoms. The normalized spacial score (nSPS) is 12.7. The van der Waals surface area contributed by atoms with Gasteiger partial charge in [-0.05, 0) is 41.0 Å². The highest BCUT2D eigenvalue weighted by Gasteiger charge is 2.23. The Kier molecular flexibility index (Phi) is 5.23. The van der Waals surface area contributed by atoms with Crippen molar-refractivity contribution < 1.29 is 13.2 Å². The van der Waals surface area contributed by atoms with Gasteiger partial charge in [-0.3, -0.25) is 0 Å². The molecule has 1 unspecified atom stereocenters. The molecule has 1 N–H and O–H groups in total. The fourth-order valence-corrected chi connectivity index (χ4v) is 3.43. The van der Waals surface area contributed by atoms with E-state index < -0.39 is 23.5 Å². The van der Waals surface area contributed by atoms with Crippen molar-refractivity contribution in [2.75, 3.05) is 6.54 Å². The number of thiophene rings is 1. The van der Waals surface area contributed by atoms with E-state index in [2.05, 4.69) is 21.2 Å². The zero-order valence-corrected chi connectivity index (χ0v) is 13.1. The Hall–Kier alpha value is -0.850. The second-order valence-corrected chi connectivity index (χ2v) is 6.18. The first-order valence-corrected chi connectivity index (χ1v) is 7.82. The molecule has 20 heavy (non-hydrogen) atoms. The van der Waals surface area contributed by atoms with Crippen molar-refractivity contribution in [2.24, 2.45) is 0 Å². The Morgan fingerprint density at radius 3 is 2.60 bits per heavy atom. The summed E-state index contributed by atoms with van der Waals surface area (Å²) in [6.45, 7) is 2.63.